The lowest BCUT2D eigenvalue weighted by molar-refractivity contribution is 0.398. The molecule has 1 fully saturated rings. The van der Waals surface area contributed by atoms with Gasteiger partial charge in [0.1, 0.15) is 5.82 Å². The maximum absolute atomic E-state index is 6.03. The predicted molar refractivity (Wildman–Crippen MR) is 57.3 cm³/mol. The lowest BCUT2D eigenvalue weighted by Gasteiger charge is -2.16. The van der Waals surface area contributed by atoms with Gasteiger partial charge in [-0.15, -0.1) is 11.6 Å². The molecule has 14 heavy (non-hydrogen) atoms. The van der Waals surface area contributed by atoms with Crippen molar-refractivity contribution >= 4 is 17.4 Å². The lowest BCUT2D eigenvalue weighted by Crippen LogP contribution is -2.20. The quantitative estimate of drug-likeness (QED) is 0.701. The van der Waals surface area contributed by atoms with Gasteiger partial charge < -0.3 is 9.64 Å². The minimum Gasteiger partial charge on any atom is -0.481 e. The zero-order valence-corrected chi connectivity index (χ0v) is 8.87. The summed E-state index contributed by atoms with van der Waals surface area (Å²) in [5.41, 5.74) is 0. The summed E-state index contributed by atoms with van der Waals surface area (Å²) in [6.07, 6.45) is 1.03. The minimum absolute atomic E-state index is 0.253. The summed E-state index contributed by atoms with van der Waals surface area (Å²) < 4.78 is 5.07. The second-order valence-corrected chi connectivity index (χ2v) is 3.99. The maximum Gasteiger partial charge on any atom is 0.214 e. The van der Waals surface area contributed by atoms with E-state index in [0.717, 1.165) is 25.3 Å². The molecular weight excluding hydrogens is 200 g/mol. The second-order valence-electron chi connectivity index (χ2n) is 3.37. The third kappa shape index (κ3) is 1.93. The highest BCUT2D eigenvalue weighted by atomic mass is 35.5. The number of halogens is 1. The van der Waals surface area contributed by atoms with Crippen molar-refractivity contribution in [3.63, 3.8) is 0 Å². The van der Waals surface area contributed by atoms with Crippen LogP contribution >= 0.6 is 11.6 Å². The van der Waals surface area contributed by atoms with Gasteiger partial charge in [-0.05, 0) is 12.5 Å². The van der Waals surface area contributed by atoms with Crippen molar-refractivity contribution in [2.75, 3.05) is 25.1 Å². The Labute approximate surface area is 88.6 Å². The third-order valence-corrected chi connectivity index (χ3v) is 2.73. The van der Waals surface area contributed by atoms with Crippen LogP contribution in [0, 0.1) is 0 Å². The number of aromatic nitrogens is 1. The van der Waals surface area contributed by atoms with E-state index in [-0.39, 0.29) is 5.38 Å². The van der Waals surface area contributed by atoms with Gasteiger partial charge in [0.15, 0.2) is 0 Å². The number of anilines is 1. The van der Waals surface area contributed by atoms with Crippen LogP contribution in [-0.4, -0.2) is 30.6 Å². The summed E-state index contributed by atoms with van der Waals surface area (Å²) in [5, 5.41) is 0.253. The molecule has 4 heteroatoms. The van der Waals surface area contributed by atoms with E-state index in [0.29, 0.717) is 5.88 Å². The summed E-state index contributed by atoms with van der Waals surface area (Å²) in [6, 6.07) is 5.78. The third-order valence-electron chi connectivity index (χ3n) is 2.37. The molecule has 1 aliphatic rings. The Kier molecular flexibility index (Phi) is 2.77. The monoisotopic (exact) mass is 212 g/mol. The van der Waals surface area contributed by atoms with Gasteiger partial charge in [0.05, 0.1) is 12.5 Å². The number of hydrogen-bond donors (Lipinski definition) is 0. The SMILES string of the molecule is COc1cccc(N2CCC(Cl)C2)n1. The fourth-order valence-corrected chi connectivity index (χ4v) is 1.88. The molecule has 0 bridgehead atoms. The van der Waals surface area contributed by atoms with E-state index in [9.17, 15) is 0 Å². The van der Waals surface area contributed by atoms with Gasteiger partial charge in [0, 0.05) is 19.2 Å². The Hall–Kier alpha value is -0.960. The van der Waals surface area contributed by atoms with E-state index in [2.05, 4.69) is 9.88 Å². The van der Waals surface area contributed by atoms with Crippen molar-refractivity contribution in [3.8, 4) is 5.88 Å². The Morgan fingerprint density at radius 1 is 1.57 bits per heavy atom. The predicted octanol–water partition coefficient (Wildman–Crippen LogP) is 1.91. The van der Waals surface area contributed by atoms with Crippen LogP contribution in [0.1, 0.15) is 6.42 Å². The molecule has 2 rings (SSSR count). The van der Waals surface area contributed by atoms with Gasteiger partial charge in [-0.2, -0.15) is 4.98 Å². The number of ether oxygens (including phenoxy) is 1. The van der Waals surface area contributed by atoms with E-state index in [1.807, 2.05) is 18.2 Å². The number of rotatable bonds is 2. The summed E-state index contributed by atoms with van der Waals surface area (Å²) in [6.45, 7) is 1.86. The zero-order chi connectivity index (χ0) is 9.97. The number of nitrogens with zero attached hydrogens (tertiary/aromatic N) is 2. The molecule has 0 amide bonds. The molecule has 0 saturated carbocycles. The van der Waals surface area contributed by atoms with Gasteiger partial charge in [-0.1, -0.05) is 6.07 Å². The first-order valence-corrected chi connectivity index (χ1v) is 5.13. The largest absolute Gasteiger partial charge is 0.481 e. The van der Waals surface area contributed by atoms with Crippen molar-refractivity contribution in [1.29, 1.82) is 0 Å². The Morgan fingerprint density at radius 2 is 2.43 bits per heavy atom. The van der Waals surface area contributed by atoms with Crippen LogP contribution in [0.3, 0.4) is 0 Å². The van der Waals surface area contributed by atoms with Gasteiger partial charge in [0.2, 0.25) is 5.88 Å². The molecule has 1 saturated heterocycles. The van der Waals surface area contributed by atoms with Crippen molar-refractivity contribution < 1.29 is 4.74 Å². The Bertz CT molecular complexity index is 319. The molecule has 3 nitrogen and oxygen atoms in total. The van der Waals surface area contributed by atoms with E-state index >= 15 is 0 Å². The topological polar surface area (TPSA) is 25.4 Å². The van der Waals surface area contributed by atoms with E-state index in [1.54, 1.807) is 7.11 Å². The highest BCUT2D eigenvalue weighted by Crippen LogP contribution is 2.22. The van der Waals surface area contributed by atoms with Crippen molar-refractivity contribution in [3.05, 3.63) is 18.2 Å². The number of hydrogen-bond acceptors (Lipinski definition) is 3. The van der Waals surface area contributed by atoms with Crippen LogP contribution in [0.25, 0.3) is 0 Å². The van der Waals surface area contributed by atoms with Gasteiger partial charge in [-0.3, -0.25) is 0 Å². The standard InChI is InChI=1S/C10H13ClN2O/c1-14-10-4-2-3-9(12-10)13-6-5-8(11)7-13/h2-4,8H,5-7H2,1H3. The summed E-state index contributed by atoms with van der Waals surface area (Å²) in [5.74, 6) is 1.60. The van der Waals surface area contributed by atoms with E-state index < -0.39 is 0 Å². The lowest BCUT2D eigenvalue weighted by atomic mass is 10.4. The van der Waals surface area contributed by atoms with Crippen LogP contribution in [0.15, 0.2) is 18.2 Å². The summed E-state index contributed by atoms with van der Waals surface area (Å²) >= 11 is 6.03. The average Bonchev–Trinajstić information content (AvgIpc) is 2.65. The van der Waals surface area contributed by atoms with Crippen molar-refractivity contribution in [2.24, 2.45) is 0 Å². The highest BCUT2D eigenvalue weighted by molar-refractivity contribution is 6.21. The Balaban J connectivity index is 2.15. The van der Waals surface area contributed by atoms with Gasteiger partial charge >= 0.3 is 0 Å². The van der Waals surface area contributed by atoms with Gasteiger partial charge in [0.25, 0.3) is 0 Å². The first kappa shape index (κ1) is 9.59. The van der Waals surface area contributed by atoms with Crippen LogP contribution in [0.4, 0.5) is 5.82 Å². The summed E-state index contributed by atoms with van der Waals surface area (Å²) in [4.78, 5) is 6.53. The Morgan fingerprint density at radius 3 is 3.07 bits per heavy atom. The first-order chi connectivity index (χ1) is 6.79. The molecule has 1 unspecified atom stereocenters. The normalized spacial score (nSPS) is 21.3. The average molecular weight is 213 g/mol. The minimum atomic E-state index is 0.253. The number of methoxy groups -OCH3 is 1. The van der Waals surface area contributed by atoms with E-state index in [4.69, 9.17) is 16.3 Å². The molecule has 0 aromatic carbocycles. The molecule has 76 valence electrons. The molecule has 1 atom stereocenters. The van der Waals surface area contributed by atoms with Crippen LogP contribution in [-0.2, 0) is 0 Å². The molecule has 1 aromatic heterocycles. The zero-order valence-electron chi connectivity index (χ0n) is 8.11. The molecule has 2 heterocycles. The van der Waals surface area contributed by atoms with Crippen LogP contribution in [0.2, 0.25) is 0 Å². The molecule has 0 aliphatic carbocycles. The fourth-order valence-electron chi connectivity index (χ4n) is 1.62. The van der Waals surface area contributed by atoms with E-state index in [1.165, 1.54) is 0 Å². The highest BCUT2D eigenvalue weighted by Gasteiger charge is 2.21. The van der Waals surface area contributed by atoms with Gasteiger partial charge in [-0.25, -0.2) is 0 Å². The number of pyridine rings is 1. The first-order valence-electron chi connectivity index (χ1n) is 4.69. The summed E-state index contributed by atoms with van der Waals surface area (Å²) in [7, 11) is 1.63. The smallest absolute Gasteiger partial charge is 0.214 e. The molecule has 0 radical (unpaired) electrons. The fraction of sp³-hybridized carbons (Fsp3) is 0.500. The molecule has 1 aliphatic heterocycles. The van der Waals surface area contributed by atoms with Crippen molar-refractivity contribution in [1.82, 2.24) is 4.98 Å². The van der Waals surface area contributed by atoms with Crippen LogP contribution < -0.4 is 9.64 Å². The molecule has 0 N–H and O–H groups in total. The number of alkyl halides is 1. The van der Waals surface area contributed by atoms with Crippen molar-refractivity contribution in [2.45, 2.75) is 11.8 Å². The second kappa shape index (κ2) is 4.05. The molecule has 0 spiro atoms. The van der Waals surface area contributed by atoms with Crippen LogP contribution in [0.5, 0.6) is 5.88 Å². The maximum atomic E-state index is 6.03. The molecule has 1 aromatic rings. The molecular formula is C10H13ClN2O.